The summed E-state index contributed by atoms with van der Waals surface area (Å²) in [5, 5.41) is 29.5. The normalized spacial score (nSPS) is 2.82. The van der Waals surface area contributed by atoms with E-state index in [9.17, 15) is 0 Å². The first-order chi connectivity index (χ1) is 3.46. The minimum atomic E-state index is -1.75. The Morgan fingerprint density at radius 1 is 0.471 bits per heavy atom. The predicted molar refractivity (Wildman–Crippen MR) is 49.6 cm³/mol. The van der Waals surface area contributed by atoms with Crippen molar-refractivity contribution in [2.45, 2.75) is 0 Å². The standard InChI is InChI=1S/Mn.2NO3.8H2O/c;2*2-1(3)4;;;;;;;;/h;;;8*1H2/q+2;2*-1;;;;;;;;. The van der Waals surface area contributed by atoms with Crippen LogP contribution in [0.1, 0.15) is 0 Å². The van der Waals surface area contributed by atoms with Crippen molar-refractivity contribution in [2.75, 3.05) is 0 Å². The molecule has 0 aliphatic heterocycles. The second-order valence-electron chi connectivity index (χ2n) is 0.447. The average molecular weight is 323 g/mol. The molecule has 117 valence electrons. The molecule has 0 aliphatic carbocycles. The van der Waals surface area contributed by atoms with Crippen LogP contribution in [0.5, 0.6) is 0 Å². The molecule has 16 N–H and O–H groups in total. The van der Waals surface area contributed by atoms with Gasteiger partial charge in [-0.25, -0.2) is 0 Å². The number of nitrogens with zero attached hydrogens (tertiary/aromatic N) is 2. The minimum absolute atomic E-state index is 0. The Balaban J connectivity index is -0.00000000308. The molecule has 1 radical (unpaired) electrons. The maximum atomic E-state index is 8.25. The van der Waals surface area contributed by atoms with E-state index in [-0.39, 0.29) is 60.9 Å². The third-order valence-electron chi connectivity index (χ3n) is 0. The van der Waals surface area contributed by atoms with E-state index in [1.165, 1.54) is 0 Å². The Hall–Kier alpha value is -1.40. The monoisotopic (exact) mass is 323 g/mol. The van der Waals surface area contributed by atoms with Crippen molar-refractivity contribution >= 4 is 0 Å². The molecule has 17 heavy (non-hydrogen) atoms. The fraction of sp³-hybridized carbons (Fsp3) is 0. The van der Waals surface area contributed by atoms with Gasteiger partial charge in [-0.15, -0.1) is 0 Å². The van der Waals surface area contributed by atoms with Gasteiger partial charge in [0.2, 0.25) is 0 Å². The SMILES string of the molecule is O.O.O.O.O.O.O.O.O=[N+]([O-])[O-].O=[N+]([O-])[O-].[Mn+2]. The number of hydrogen-bond acceptors (Lipinski definition) is 6. The summed E-state index contributed by atoms with van der Waals surface area (Å²) in [4.78, 5) is 16.5. The molecule has 0 heterocycles. The maximum Gasteiger partial charge on any atom is 2.00 e. The molecule has 17 heteroatoms. The molecule has 16 nitrogen and oxygen atoms in total. The van der Waals surface area contributed by atoms with Gasteiger partial charge in [-0.3, -0.25) is 0 Å². The van der Waals surface area contributed by atoms with E-state index in [0.29, 0.717) is 0 Å². The molecule has 0 unspecified atom stereocenters. The van der Waals surface area contributed by atoms with Gasteiger partial charge < -0.3 is 74.5 Å². The van der Waals surface area contributed by atoms with E-state index in [2.05, 4.69) is 0 Å². The summed E-state index contributed by atoms with van der Waals surface area (Å²) < 4.78 is 0. The van der Waals surface area contributed by atoms with Gasteiger partial charge in [-0.05, 0) is 0 Å². The van der Waals surface area contributed by atoms with Crippen LogP contribution < -0.4 is 0 Å². The van der Waals surface area contributed by atoms with Crippen molar-refractivity contribution in [3.05, 3.63) is 30.6 Å². The topological polar surface area (TPSA) is 384 Å². The number of rotatable bonds is 0. The molecule has 0 saturated carbocycles. The Bertz CT molecular complexity index is 72.2. The van der Waals surface area contributed by atoms with Gasteiger partial charge in [0.15, 0.2) is 0 Å². The second-order valence-corrected chi connectivity index (χ2v) is 0.447. The van der Waals surface area contributed by atoms with Crippen LogP contribution in [0, 0.1) is 30.6 Å². The van der Waals surface area contributed by atoms with Gasteiger partial charge in [0.25, 0.3) is 0 Å². The summed E-state index contributed by atoms with van der Waals surface area (Å²) in [5.74, 6) is 0. The molecule has 0 aromatic rings. The van der Waals surface area contributed by atoms with E-state index in [4.69, 9.17) is 30.6 Å². The van der Waals surface area contributed by atoms with E-state index in [1.54, 1.807) is 0 Å². The average Bonchev–Trinajstić information content (AvgIpc) is 1.25. The van der Waals surface area contributed by atoms with Gasteiger partial charge in [0.05, 0.1) is 10.2 Å². The molecule has 0 saturated heterocycles. The zero-order chi connectivity index (χ0) is 7.15. The fourth-order valence-electron chi connectivity index (χ4n) is 0. The van der Waals surface area contributed by atoms with Gasteiger partial charge >= 0.3 is 17.1 Å². The van der Waals surface area contributed by atoms with E-state index in [1.807, 2.05) is 0 Å². The molecule has 0 amide bonds. The summed E-state index contributed by atoms with van der Waals surface area (Å²) in [6.07, 6.45) is 0. The first kappa shape index (κ1) is 157. The molecule has 0 aromatic heterocycles. The van der Waals surface area contributed by atoms with Crippen LogP contribution in [0.25, 0.3) is 0 Å². The van der Waals surface area contributed by atoms with Crippen LogP contribution in [-0.2, 0) is 17.1 Å². The van der Waals surface area contributed by atoms with Gasteiger partial charge in [-0.1, -0.05) is 0 Å². The first-order valence-corrected chi connectivity index (χ1v) is 1.10. The predicted octanol–water partition coefficient (Wildman–Crippen LogP) is -7.08. The molecular weight excluding hydrogens is 307 g/mol. The van der Waals surface area contributed by atoms with Crippen molar-refractivity contribution in [3.63, 3.8) is 0 Å². The van der Waals surface area contributed by atoms with Crippen LogP contribution in [0.2, 0.25) is 0 Å². The van der Waals surface area contributed by atoms with E-state index < -0.39 is 10.2 Å². The van der Waals surface area contributed by atoms with Crippen molar-refractivity contribution in [3.8, 4) is 0 Å². The maximum absolute atomic E-state index is 8.25. The summed E-state index contributed by atoms with van der Waals surface area (Å²) in [6, 6.07) is 0. The van der Waals surface area contributed by atoms with E-state index in [0.717, 1.165) is 0 Å². The van der Waals surface area contributed by atoms with Crippen LogP contribution in [0.4, 0.5) is 0 Å². The molecular formula is H16MnN2O14. The smallest absolute Gasteiger partial charge is 0.412 e. The molecule has 0 rings (SSSR count). The van der Waals surface area contributed by atoms with Crippen LogP contribution >= 0.6 is 0 Å². The van der Waals surface area contributed by atoms with Gasteiger partial charge in [0.1, 0.15) is 0 Å². The van der Waals surface area contributed by atoms with Gasteiger partial charge in [-0.2, -0.15) is 0 Å². The first-order valence-electron chi connectivity index (χ1n) is 1.10. The Labute approximate surface area is 103 Å². The zero-order valence-corrected chi connectivity index (χ0v) is 8.90. The number of hydrogen-bond donors (Lipinski definition) is 0. The summed E-state index contributed by atoms with van der Waals surface area (Å²) in [5.41, 5.74) is 0. The second kappa shape index (κ2) is 128. The Morgan fingerprint density at radius 3 is 0.471 bits per heavy atom. The molecule has 0 aromatic carbocycles. The van der Waals surface area contributed by atoms with Crippen LogP contribution in [-0.4, -0.2) is 54.0 Å². The molecule has 0 bridgehead atoms. The third kappa shape index (κ3) is 1180. The molecule has 0 fully saturated rings. The largest absolute Gasteiger partial charge is 2.00 e. The van der Waals surface area contributed by atoms with Crippen molar-refractivity contribution in [1.82, 2.24) is 0 Å². The quantitative estimate of drug-likeness (QED) is 0.236. The molecule has 0 atom stereocenters. The third-order valence-corrected chi connectivity index (χ3v) is 0. The van der Waals surface area contributed by atoms with Crippen molar-refractivity contribution in [2.24, 2.45) is 0 Å². The van der Waals surface area contributed by atoms with Crippen LogP contribution in [0.15, 0.2) is 0 Å². The zero-order valence-electron chi connectivity index (χ0n) is 7.72. The van der Waals surface area contributed by atoms with Crippen molar-refractivity contribution < 1.29 is 71.1 Å². The Kier molecular flexibility index (Phi) is 1180. The molecule has 0 spiro atoms. The van der Waals surface area contributed by atoms with Crippen LogP contribution in [0.3, 0.4) is 0 Å². The summed E-state index contributed by atoms with van der Waals surface area (Å²) in [7, 11) is 0. The summed E-state index contributed by atoms with van der Waals surface area (Å²) >= 11 is 0. The summed E-state index contributed by atoms with van der Waals surface area (Å²) in [6.45, 7) is 0. The van der Waals surface area contributed by atoms with Gasteiger partial charge in [0, 0.05) is 0 Å². The fourth-order valence-corrected chi connectivity index (χ4v) is 0. The molecule has 0 aliphatic rings. The van der Waals surface area contributed by atoms with E-state index >= 15 is 0 Å². The minimum Gasteiger partial charge on any atom is -0.412 e. The Morgan fingerprint density at radius 2 is 0.471 bits per heavy atom. The van der Waals surface area contributed by atoms with Crippen molar-refractivity contribution in [1.29, 1.82) is 0 Å².